The molecule has 0 radical (unpaired) electrons. The molecule has 0 saturated heterocycles. The van der Waals surface area contributed by atoms with Crippen LogP contribution in [-0.2, 0) is 6.42 Å². The van der Waals surface area contributed by atoms with Gasteiger partial charge in [-0.15, -0.1) is 0 Å². The molecule has 0 atom stereocenters. The monoisotopic (exact) mass is 403 g/mol. The van der Waals surface area contributed by atoms with Crippen LogP contribution < -0.4 is 4.74 Å². The van der Waals surface area contributed by atoms with E-state index in [2.05, 4.69) is 50.2 Å². The van der Waals surface area contributed by atoms with Crippen LogP contribution >= 0.6 is 0 Å². The topological polar surface area (TPSA) is 12.5 Å². The molecule has 168 valence electrons. The van der Waals surface area contributed by atoms with Gasteiger partial charge in [0, 0.05) is 0 Å². The maximum Gasteiger partial charge on any atom is 0.119 e. The van der Waals surface area contributed by atoms with Gasteiger partial charge in [0.15, 0.2) is 0 Å². The molecule has 0 saturated carbocycles. The van der Waals surface area contributed by atoms with E-state index in [-0.39, 0.29) is 0 Å². The van der Waals surface area contributed by atoms with Crippen molar-refractivity contribution in [2.24, 2.45) is 0 Å². The fourth-order valence-corrected chi connectivity index (χ4v) is 3.84. The molecule has 1 aromatic carbocycles. The first kappa shape index (κ1) is 26.0. The third kappa shape index (κ3) is 16.5. The standard InChI is InChI=1S/C27H49NO/c1-4-5-6-7-8-9-10-11-12-13-14-15-16-17-25-29-27-22-20-26(21-23-27)19-18-24-28(2)3/h20-23H,4-19,24-25H2,1-3H3. The number of aryl methyl sites for hydroxylation is 1. The average molecular weight is 404 g/mol. The molecule has 29 heavy (non-hydrogen) atoms. The van der Waals surface area contributed by atoms with Gasteiger partial charge in [0.05, 0.1) is 6.61 Å². The molecule has 0 heterocycles. The number of unbranched alkanes of at least 4 members (excludes halogenated alkanes) is 13. The number of hydrogen-bond donors (Lipinski definition) is 0. The molecule has 0 aliphatic heterocycles. The first-order valence-corrected chi connectivity index (χ1v) is 12.6. The summed E-state index contributed by atoms with van der Waals surface area (Å²) in [5.74, 6) is 1.02. The molecule has 1 rings (SSSR count). The smallest absolute Gasteiger partial charge is 0.119 e. The zero-order valence-corrected chi connectivity index (χ0v) is 19.9. The van der Waals surface area contributed by atoms with E-state index in [4.69, 9.17) is 4.74 Å². The summed E-state index contributed by atoms with van der Waals surface area (Å²) in [6, 6.07) is 8.70. The quantitative estimate of drug-likeness (QED) is 0.204. The van der Waals surface area contributed by atoms with E-state index in [0.717, 1.165) is 25.3 Å². The predicted molar refractivity (Wildman–Crippen MR) is 129 cm³/mol. The van der Waals surface area contributed by atoms with Crippen LogP contribution in [-0.4, -0.2) is 32.1 Å². The van der Waals surface area contributed by atoms with Crippen molar-refractivity contribution in [1.82, 2.24) is 4.90 Å². The molecule has 0 fully saturated rings. The third-order valence-corrected chi connectivity index (χ3v) is 5.76. The lowest BCUT2D eigenvalue weighted by molar-refractivity contribution is 0.304. The number of rotatable bonds is 20. The van der Waals surface area contributed by atoms with Gasteiger partial charge in [-0.05, 0) is 57.6 Å². The molecular formula is C27H49NO. The largest absolute Gasteiger partial charge is 0.494 e. The van der Waals surface area contributed by atoms with Gasteiger partial charge in [0.2, 0.25) is 0 Å². The van der Waals surface area contributed by atoms with Crippen LogP contribution in [0.1, 0.15) is 109 Å². The molecule has 0 aliphatic rings. The van der Waals surface area contributed by atoms with E-state index < -0.39 is 0 Å². The summed E-state index contributed by atoms with van der Waals surface area (Å²) >= 11 is 0. The van der Waals surface area contributed by atoms with Crippen LogP contribution in [0.5, 0.6) is 5.75 Å². The maximum absolute atomic E-state index is 5.90. The van der Waals surface area contributed by atoms with Gasteiger partial charge in [0.25, 0.3) is 0 Å². The zero-order valence-electron chi connectivity index (χ0n) is 19.9. The van der Waals surface area contributed by atoms with Crippen molar-refractivity contribution in [3.8, 4) is 5.75 Å². The molecule has 0 spiro atoms. The molecular weight excluding hydrogens is 354 g/mol. The molecule has 0 amide bonds. The second-order valence-electron chi connectivity index (χ2n) is 9.00. The SMILES string of the molecule is CCCCCCCCCCCCCCCCOc1ccc(CCCN(C)C)cc1. The van der Waals surface area contributed by atoms with Gasteiger partial charge in [0.1, 0.15) is 5.75 Å². The van der Waals surface area contributed by atoms with Crippen molar-refractivity contribution in [1.29, 1.82) is 0 Å². The number of benzene rings is 1. The summed E-state index contributed by atoms with van der Waals surface area (Å²) < 4.78 is 5.90. The number of ether oxygens (including phenoxy) is 1. The van der Waals surface area contributed by atoms with Gasteiger partial charge < -0.3 is 9.64 Å². The summed E-state index contributed by atoms with van der Waals surface area (Å²) in [5.41, 5.74) is 1.41. The van der Waals surface area contributed by atoms with Crippen LogP contribution in [0.25, 0.3) is 0 Å². The van der Waals surface area contributed by atoms with E-state index in [1.54, 1.807) is 0 Å². The van der Waals surface area contributed by atoms with E-state index in [0.29, 0.717) is 0 Å². The second kappa shape index (κ2) is 19.0. The Kier molecular flexibility index (Phi) is 17.0. The lowest BCUT2D eigenvalue weighted by Gasteiger charge is -2.10. The lowest BCUT2D eigenvalue weighted by atomic mass is 10.0. The molecule has 2 heteroatoms. The van der Waals surface area contributed by atoms with Crippen LogP contribution in [0.4, 0.5) is 0 Å². The summed E-state index contributed by atoms with van der Waals surface area (Å²) in [6.45, 7) is 4.30. The Morgan fingerprint density at radius 3 is 1.59 bits per heavy atom. The van der Waals surface area contributed by atoms with E-state index in [9.17, 15) is 0 Å². The fourth-order valence-electron chi connectivity index (χ4n) is 3.84. The summed E-state index contributed by atoms with van der Waals surface area (Å²) in [4.78, 5) is 2.24. The Hall–Kier alpha value is -1.02. The summed E-state index contributed by atoms with van der Waals surface area (Å²) in [5, 5.41) is 0. The molecule has 0 unspecified atom stereocenters. The Morgan fingerprint density at radius 2 is 1.10 bits per heavy atom. The first-order valence-electron chi connectivity index (χ1n) is 12.6. The average Bonchev–Trinajstić information content (AvgIpc) is 2.71. The van der Waals surface area contributed by atoms with Crippen molar-refractivity contribution < 1.29 is 4.74 Å². The number of hydrogen-bond acceptors (Lipinski definition) is 2. The lowest BCUT2D eigenvalue weighted by Crippen LogP contribution is -2.13. The van der Waals surface area contributed by atoms with Gasteiger partial charge >= 0.3 is 0 Å². The predicted octanol–water partition coefficient (Wildman–Crippen LogP) is 8.04. The van der Waals surface area contributed by atoms with Crippen molar-refractivity contribution in [2.45, 2.75) is 110 Å². The molecule has 0 aromatic heterocycles. The molecule has 0 aliphatic carbocycles. The molecule has 1 aromatic rings. The van der Waals surface area contributed by atoms with Gasteiger partial charge in [-0.25, -0.2) is 0 Å². The van der Waals surface area contributed by atoms with Gasteiger partial charge in [-0.2, -0.15) is 0 Å². The highest BCUT2D eigenvalue weighted by Gasteiger charge is 1.98. The Bertz CT molecular complexity index is 454. The minimum absolute atomic E-state index is 0.859. The first-order chi connectivity index (χ1) is 14.2. The van der Waals surface area contributed by atoms with Crippen molar-refractivity contribution in [3.63, 3.8) is 0 Å². The van der Waals surface area contributed by atoms with E-state index in [1.807, 2.05) is 0 Å². The summed E-state index contributed by atoms with van der Waals surface area (Å²) in [7, 11) is 4.27. The minimum atomic E-state index is 0.859. The van der Waals surface area contributed by atoms with Crippen molar-refractivity contribution in [3.05, 3.63) is 29.8 Å². The van der Waals surface area contributed by atoms with Crippen molar-refractivity contribution >= 4 is 0 Å². The minimum Gasteiger partial charge on any atom is -0.494 e. The summed E-state index contributed by atoms with van der Waals surface area (Å²) in [6.07, 6.45) is 22.0. The molecule has 0 bridgehead atoms. The Balaban J connectivity index is 1.86. The van der Waals surface area contributed by atoms with E-state index >= 15 is 0 Å². The highest BCUT2D eigenvalue weighted by atomic mass is 16.5. The number of nitrogens with zero attached hydrogens (tertiary/aromatic N) is 1. The van der Waals surface area contributed by atoms with Gasteiger partial charge in [-0.3, -0.25) is 0 Å². The van der Waals surface area contributed by atoms with Crippen LogP contribution in [0.3, 0.4) is 0 Å². The van der Waals surface area contributed by atoms with Gasteiger partial charge in [-0.1, -0.05) is 103 Å². The zero-order chi connectivity index (χ0) is 21.0. The van der Waals surface area contributed by atoms with Crippen LogP contribution in [0.2, 0.25) is 0 Å². The maximum atomic E-state index is 5.90. The van der Waals surface area contributed by atoms with Crippen molar-refractivity contribution in [2.75, 3.05) is 27.2 Å². The van der Waals surface area contributed by atoms with Crippen LogP contribution in [0, 0.1) is 0 Å². The molecule has 2 nitrogen and oxygen atoms in total. The van der Waals surface area contributed by atoms with Crippen LogP contribution in [0.15, 0.2) is 24.3 Å². The third-order valence-electron chi connectivity index (χ3n) is 5.76. The Labute approximate surface area is 182 Å². The Morgan fingerprint density at radius 1 is 0.621 bits per heavy atom. The highest BCUT2D eigenvalue weighted by Crippen LogP contribution is 2.15. The highest BCUT2D eigenvalue weighted by molar-refractivity contribution is 5.27. The molecule has 0 N–H and O–H groups in total. The fraction of sp³-hybridized carbons (Fsp3) is 0.778. The van der Waals surface area contributed by atoms with E-state index in [1.165, 1.54) is 102 Å². The second-order valence-corrected chi connectivity index (χ2v) is 9.00. The normalized spacial score (nSPS) is 11.3.